The van der Waals surface area contributed by atoms with E-state index in [2.05, 4.69) is 16.0 Å². The number of hydrogen-bond acceptors (Lipinski definition) is 7. The molecule has 0 bridgehead atoms. The summed E-state index contributed by atoms with van der Waals surface area (Å²) >= 11 is 0. The van der Waals surface area contributed by atoms with Gasteiger partial charge in [0.2, 0.25) is 0 Å². The molecular weight excluding hydrogens is 406 g/mol. The van der Waals surface area contributed by atoms with Gasteiger partial charge in [0.05, 0.1) is 31.9 Å². The molecule has 7 N–H and O–H groups in total. The van der Waals surface area contributed by atoms with Gasteiger partial charge in [0.1, 0.15) is 6.10 Å². The molecule has 0 saturated carbocycles. The molecule has 0 aromatic heterocycles. The number of benzene rings is 1. The van der Waals surface area contributed by atoms with Crippen molar-refractivity contribution in [3.8, 4) is 0 Å². The van der Waals surface area contributed by atoms with E-state index in [-0.39, 0.29) is 23.4 Å². The first kappa shape index (κ1) is 26.5. The maximum absolute atomic E-state index is 13.0. The van der Waals surface area contributed by atoms with Crippen LogP contribution in [0.5, 0.6) is 0 Å². The van der Waals surface area contributed by atoms with Gasteiger partial charge in [-0.3, -0.25) is 14.4 Å². The van der Waals surface area contributed by atoms with Gasteiger partial charge >= 0.3 is 0 Å². The Morgan fingerprint density at radius 3 is 1.58 bits per heavy atom. The minimum Gasteiger partial charge on any atom is -0.394 e. The molecule has 0 radical (unpaired) electrons. The number of carbonyl (C=O) groups is 3. The molecule has 1 unspecified atom stereocenters. The molecule has 0 aliphatic rings. The van der Waals surface area contributed by atoms with E-state index in [9.17, 15) is 34.8 Å². The van der Waals surface area contributed by atoms with Crippen LogP contribution in [0.25, 0.3) is 0 Å². The van der Waals surface area contributed by atoms with Crippen LogP contribution in [0.3, 0.4) is 0 Å². The fraction of sp³-hybridized carbons (Fsp3) is 0.571. The third kappa shape index (κ3) is 6.23. The molecular formula is C21H33N3O7. The molecule has 0 spiro atoms. The average molecular weight is 440 g/mol. The van der Waals surface area contributed by atoms with Crippen LogP contribution in [0, 0.1) is 20.8 Å². The Labute approximate surface area is 181 Å². The quantitative estimate of drug-likeness (QED) is 0.258. The number of carbonyl (C=O) groups excluding carboxylic acids is 3. The minimum atomic E-state index is -1.32. The molecule has 0 fully saturated rings. The SMILES string of the molecule is CCC(CO)NC(=O)c1c(C)c(NC(=O)[C@H](C)O)c(C)c(C(=O)NC(CO)CO)c1C. The summed E-state index contributed by atoms with van der Waals surface area (Å²) in [6.45, 7) is 6.63. The predicted octanol–water partition coefficient (Wildman–Crippen LogP) is -0.485. The van der Waals surface area contributed by atoms with Gasteiger partial charge in [-0.05, 0) is 50.8 Å². The van der Waals surface area contributed by atoms with E-state index in [1.54, 1.807) is 27.7 Å². The average Bonchev–Trinajstić information content (AvgIpc) is 2.72. The highest BCUT2D eigenvalue weighted by Crippen LogP contribution is 2.32. The topological polar surface area (TPSA) is 168 Å². The molecule has 3 amide bonds. The van der Waals surface area contributed by atoms with E-state index in [0.29, 0.717) is 23.1 Å². The van der Waals surface area contributed by atoms with Crippen molar-refractivity contribution in [1.82, 2.24) is 10.6 Å². The standard InChI is InChI=1S/C21H33N3O7/c1-6-14(7-25)22-20(30)16-10(2)17(21(31)23-15(8-26)9-27)12(4)18(11(16)3)24-19(29)13(5)28/h13-15,25-28H,6-9H2,1-5H3,(H,22,30)(H,23,31)(H,24,29)/t13-,14?/m0/s1. The summed E-state index contributed by atoms with van der Waals surface area (Å²) in [4.78, 5) is 38.1. The first-order chi connectivity index (χ1) is 14.5. The molecule has 0 saturated heterocycles. The second-order valence-electron chi connectivity index (χ2n) is 7.46. The van der Waals surface area contributed by atoms with Gasteiger partial charge in [0.25, 0.3) is 17.7 Å². The van der Waals surface area contributed by atoms with Gasteiger partial charge in [-0.15, -0.1) is 0 Å². The lowest BCUT2D eigenvalue weighted by Crippen LogP contribution is -2.41. The normalized spacial score (nSPS) is 13.0. The Balaban J connectivity index is 3.66. The van der Waals surface area contributed by atoms with Gasteiger partial charge in [-0.1, -0.05) is 6.92 Å². The minimum absolute atomic E-state index is 0.0978. The summed E-state index contributed by atoms with van der Waals surface area (Å²) in [6.07, 6.45) is -0.832. The van der Waals surface area contributed by atoms with Crippen molar-refractivity contribution >= 4 is 23.4 Å². The third-order valence-electron chi connectivity index (χ3n) is 5.16. The highest BCUT2D eigenvalue weighted by molar-refractivity contribution is 6.08. The van der Waals surface area contributed by atoms with Crippen LogP contribution < -0.4 is 16.0 Å². The highest BCUT2D eigenvalue weighted by Gasteiger charge is 2.28. The van der Waals surface area contributed by atoms with E-state index >= 15 is 0 Å². The number of rotatable bonds is 10. The van der Waals surface area contributed by atoms with Gasteiger partial charge in [0, 0.05) is 16.8 Å². The Hall–Kier alpha value is -2.53. The van der Waals surface area contributed by atoms with E-state index in [1.165, 1.54) is 6.92 Å². The number of nitrogens with one attached hydrogen (secondary N) is 3. The van der Waals surface area contributed by atoms with E-state index in [4.69, 9.17) is 0 Å². The lowest BCUT2D eigenvalue weighted by Gasteiger charge is -2.24. The van der Waals surface area contributed by atoms with E-state index in [1.807, 2.05) is 0 Å². The first-order valence-corrected chi connectivity index (χ1v) is 10.1. The van der Waals surface area contributed by atoms with Crippen molar-refractivity contribution in [2.75, 3.05) is 25.1 Å². The summed E-state index contributed by atoms with van der Waals surface area (Å²) in [6, 6.07) is -1.40. The second-order valence-corrected chi connectivity index (χ2v) is 7.46. The zero-order chi connectivity index (χ0) is 23.9. The van der Waals surface area contributed by atoms with E-state index in [0.717, 1.165) is 0 Å². The van der Waals surface area contributed by atoms with Crippen molar-refractivity contribution in [1.29, 1.82) is 0 Å². The Kier molecular flexibility index (Phi) is 10.0. The summed E-state index contributed by atoms with van der Waals surface area (Å²) in [5.74, 6) is -1.88. The highest BCUT2D eigenvalue weighted by atomic mass is 16.3. The lowest BCUT2D eigenvalue weighted by atomic mass is 9.89. The number of anilines is 1. The Morgan fingerprint density at radius 1 is 0.806 bits per heavy atom. The summed E-state index contributed by atoms with van der Waals surface area (Å²) < 4.78 is 0. The summed E-state index contributed by atoms with van der Waals surface area (Å²) in [7, 11) is 0. The zero-order valence-corrected chi connectivity index (χ0v) is 18.6. The van der Waals surface area contributed by atoms with Gasteiger partial charge < -0.3 is 36.4 Å². The number of amides is 3. The van der Waals surface area contributed by atoms with Gasteiger partial charge in [-0.25, -0.2) is 0 Å². The molecule has 1 rings (SSSR count). The van der Waals surface area contributed by atoms with Crippen molar-refractivity contribution in [2.45, 2.75) is 59.2 Å². The molecule has 1 aromatic carbocycles. The Bertz CT molecular complexity index is 763. The maximum atomic E-state index is 13.0. The van der Waals surface area contributed by atoms with Crippen LogP contribution in [-0.2, 0) is 4.79 Å². The number of aliphatic hydroxyl groups is 4. The summed E-state index contributed by atoms with van der Waals surface area (Å²) in [5.41, 5.74) is 1.54. The third-order valence-corrected chi connectivity index (χ3v) is 5.16. The fourth-order valence-corrected chi connectivity index (χ4v) is 3.26. The molecule has 1 aromatic rings. The maximum Gasteiger partial charge on any atom is 0.252 e. The zero-order valence-electron chi connectivity index (χ0n) is 18.6. The monoisotopic (exact) mass is 439 g/mol. The molecule has 2 atom stereocenters. The van der Waals surface area contributed by atoms with Crippen LogP contribution >= 0.6 is 0 Å². The second kappa shape index (κ2) is 11.8. The van der Waals surface area contributed by atoms with Crippen LogP contribution in [0.4, 0.5) is 5.69 Å². The fourth-order valence-electron chi connectivity index (χ4n) is 3.26. The van der Waals surface area contributed by atoms with Crippen molar-refractivity contribution in [3.63, 3.8) is 0 Å². The smallest absolute Gasteiger partial charge is 0.252 e. The van der Waals surface area contributed by atoms with E-state index < -0.39 is 49.1 Å². The lowest BCUT2D eigenvalue weighted by molar-refractivity contribution is -0.123. The molecule has 0 aliphatic heterocycles. The van der Waals surface area contributed by atoms with Crippen molar-refractivity contribution in [3.05, 3.63) is 27.8 Å². The molecule has 0 heterocycles. The largest absolute Gasteiger partial charge is 0.394 e. The van der Waals surface area contributed by atoms with Crippen molar-refractivity contribution in [2.24, 2.45) is 0 Å². The molecule has 0 aliphatic carbocycles. The molecule has 10 nitrogen and oxygen atoms in total. The van der Waals surface area contributed by atoms with Gasteiger partial charge in [-0.2, -0.15) is 0 Å². The number of hydrogen-bond donors (Lipinski definition) is 7. The summed E-state index contributed by atoms with van der Waals surface area (Å²) in [5, 5.41) is 45.3. The Morgan fingerprint density at radius 2 is 1.23 bits per heavy atom. The number of aliphatic hydroxyl groups excluding tert-OH is 4. The van der Waals surface area contributed by atoms with Crippen LogP contribution in [0.15, 0.2) is 0 Å². The molecule has 31 heavy (non-hydrogen) atoms. The van der Waals surface area contributed by atoms with Crippen LogP contribution in [0.2, 0.25) is 0 Å². The predicted molar refractivity (Wildman–Crippen MR) is 115 cm³/mol. The van der Waals surface area contributed by atoms with Crippen LogP contribution in [-0.4, -0.2) is 76.2 Å². The first-order valence-electron chi connectivity index (χ1n) is 10.1. The molecule has 174 valence electrons. The van der Waals surface area contributed by atoms with Gasteiger partial charge in [0.15, 0.2) is 0 Å². The molecule has 10 heteroatoms. The van der Waals surface area contributed by atoms with Crippen molar-refractivity contribution < 1.29 is 34.8 Å². The van der Waals surface area contributed by atoms with Crippen LogP contribution in [0.1, 0.15) is 57.7 Å².